The Morgan fingerprint density at radius 1 is 1.33 bits per heavy atom. The van der Waals surface area contributed by atoms with E-state index in [-0.39, 0.29) is 0 Å². The van der Waals surface area contributed by atoms with Crippen molar-refractivity contribution in [3.05, 3.63) is 12.1 Å². The van der Waals surface area contributed by atoms with Crippen molar-refractivity contribution >= 4 is 22.4 Å². The van der Waals surface area contributed by atoms with Gasteiger partial charge in [-0.15, -0.1) is 0 Å². The molecule has 0 atom stereocenters. The summed E-state index contributed by atoms with van der Waals surface area (Å²) in [7, 11) is 0. The predicted molar refractivity (Wildman–Crippen MR) is 68.2 cm³/mol. The third-order valence-electron chi connectivity index (χ3n) is 3.06. The Labute approximate surface area is 104 Å². The maximum Gasteiger partial charge on any atom is 0.160 e. The number of nitrogens with zero attached hydrogens (tertiary/aromatic N) is 2. The molecular weight excluding hydrogens is 232 g/mol. The van der Waals surface area contributed by atoms with E-state index in [1.54, 1.807) is 6.07 Å². The minimum atomic E-state index is 0.571. The Morgan fingerprint density at radius 3 is 3.00 bits per heavy atom. The first-order valence-electron chi connectivity index (χ1n) is 6.17. The first-order valence-corrected chi connectivity index (χ1v) is 6.17. The Kier molecular flexibility index (Phi) is 3.02. The SMILES string of the molecule is Nc1ccc(NCCOCC2CC2)c2nonc12. The average molecular weight is 248 g/mol. The van der Waals surface area contributed by atoms with Crippen LogP contribution in [0.2, 0.25) is 0 Å². The molecule has 0 unspecified atom stereocenters. The molecule has 1 fully saturated rings. The van der Waals surface area contributed by atoms with Crippen molar-refractivity contribution in [1.82, 2.24) is 10.3 Å². The molecule has 1 aromatic carbocycles. The average Bonchev–Trinajstić information content (AvgIpc) is 3.05. The molecule has 18 heavy (non-hydrogen) atoms. The van der Waals surface area contributed by atoms with Gasteiger partial charge in [0.15, 0.2) is 11.0 Å². The van der Waals surface area contributed by atoms with Gasteiger partial charge >= 0.3 is 0 Å². The van der Waals surface area contributed by atoms with Crippen molar-refractivity contribution in [2.75, 3.05) is 30.8 Å². The smallest absolute Gasteiger partial charge is 0.160 e. The fourth-order valence-electron chi connectivity index (χ4n) is 1.82. The van der Waals surface area contributed by atoms with E-state index in [4.69, 9.17) is 15.1 Å². The molecule has 96 valence electrons. The summed E-state index contributed by atoms with van der Waals surface area (Å²) in [5.74, 6) is 0.799. The fourth-order valence-corrected chi connectivity index (χ4v) is 1.82. The van der Waals surface area contributed by atoms with Crippen LogP contribution in [0.3, 0.4) is 0 Å². The molecule has 6 heteroatoms. The maximum atomic E-state index is 5.77. The van der Waals surface area contributed by atoms with Crippen LogP contribution < -0.4 is 11.1 Å². The third-order valence-corrected chi connectivity index (χ3v) is 3.06. The number of hydrogen-bond acceptors (Lipinski definition) is 6. The Hall–Kier alpha value is -1.82. The summed E-state index contributed by atoms with van der Waals surface area (Å²) in [5.41, 5.74) is 8.47. The van der Waals surface area contributed by atoms with Crippen LogP contribution in [-0.4, -0.2) is 30.1 Å². The van der Waals surface area contributed by atoms with Gasteiger partial charge in [0.2, 0.25) is 0 Å². The van der Waals surface area contributed by atoms with Crippen LogP contribution in [0.4, 0.5) is 11.4 Å². The van der Waals surface area contributed by atoms with Crippen molar-refractivity contribution in [3.63, 3.8) is 0 Å². The number of anilines is 2. The Bertz CT molecular complexity index is 536. The molecular formula is C12H16N4O2. The Morgan fingerprint density at radius 2 is 2.17 bits per heavy atom. The molecule has 6 nitrogen and oxygen atoms in total. The van der Waals surface area contributed by atoms with Crippen molar-refractivity contribution in [2.45, 2.75) is 12.8 Å². The van der Waals surface area contributed by atoms with Crippen LogP contribution in [-0.2, 0) is 4.74 Å². The molecule has 0 bridgehead atoms. The van der Waals surface area contributed by atoms with Crippen molar-refractivity contribution in [3.8, 4) is 0 Å². The minimum Gasteiger partial charge on any atom is -0.397 e. The van der Waals surface area contributed by atoms with E-state index in [0.717, 1.165) is 24.8 Å². The van der Waals surface area contributed by atoms with Gasteiger partial charge in [0.1, 0.15) is 0 Å². The third kappa shape index (κ3) is 2.38. The summed E-state index contributed by atoms with van der Waals surface area (Å²) in [6, 6.07) is 3.67. The second-order valence-electron chi connectivity index (χ2n) is 4.61. The summed E-state index contributed by atoms with van der Waals surface area (Å²) in [6.07, 6.45) is 2.63. The zero-order valence-electron chi connectivity index (χ0n) is 10.1. The first-order chi connectivity index (χ1) is 8.84. The van der Waals surface area contributed by atoms with E-state index in [2.05, 4.69) is 15.6 Å². The van der Waals surface area contributed by atoms with Crippen LogP contribution in [0.1, 0.15) is 12.8 Å². The summed E-state index contributed by atoms with van der Waals surface area (Å²) in [5, 5.41) is 10.9. The van der Waals surface area contributed by atoms with E-state index in [9.17, 15) is 0 Å². The van der Waals surface area contributed by atoms with Gasteiger partial charge in [0.25, 0.3) is 0 Å². The first kappa shape index (κ1) is 11.3. The van der Waals surface area contributed by atoms with Gasteiger partial charge in [0.05, 0.1) is 18.0 Å². The lowest BCUT2D eigenvalue weighted by Crippen LogP contribution is -2.11. The monoisotopic (exact) mass is 248 g/mol. The van der Waals surface area contributed by atoms with Crippen LogP contribution in [0.15, 0.2) is 16.8 Å². The van der Waals surface area contributed by atoms with Gasteiger partial charge in [-0.25, -0.2) is 4.63 Å². The van der Waals surface area contributed by atoms with Crippen LogP contribution in [0.25, 0.3) is 11.0 Å². The number of ether oxygens (including phenoxy) is 1. The van der Waals surface area contributed by atoms with Crippen molar-refractivity contribution in [2.24, 2.45) is 5.92 Å². The second-order valence-corrected chi connectivity index (χ2v) is 4.61. The van der Waals surface area contributed by atoms with Gasteiger partial charge in [0, 0.05) is 13.2 Å². The molecule has 0 aliphatic heterocycles. The molecule has 0 saturated heterocycles. The van der Waals surface area contributed by atoms with Crippen LogP contribution in [0, 0.1) is 5.92 Å². The number of nitrogens with one attached hydrogen (secondary N) is 1. The van der Waals surface area contributed by atoms with Gasteiger partial charge in [-0.3, -0.25) is 0 Å². The molecule has 1 saturated carbocycles. The van der Waals surface area contributed by atoms with Crippen molar-refractivity contribution < 1.29 is 9.37 Å². The van der Waals surface area contributed by atoms with E-state index < -0.39 is 0 Å². The fraction of sp³-hybridized carbons (Fsp3) is 0.500. The number of rotatable bonds is 6. The van der Waals surface area contributed by atoms with Crippen LogP contribution >= 0.6 is 0 Å². The molecule has 1 aliphatic carbocycles. The maximum absolute atomic E-state index is 5.77. The largest absolute Gasteiger partial charge is 0.397 e. The zero-order chi connectivity index (χ0) is 12.4. The molecule has 0 spiro atoms. The lowest BCUT2D eigenvalue weighted by atomic mass is 10.2. The quantitative estimate of drug-likeness (QED) is 0.597. The molecule has 1 aliphatic rings. The second kappa shape index (κ2) is 4.81. The number of nitrogen functional groups attached to an aromatic ring is 1. The van der Waals surface area contributed by atoms with E-state index in [1.165, 1.54) is 12.8 Å². The highest BCUT2D eigenvalue weighted by molar-refractivity contribution is 5.94. The summed E-state index contributed by atoms with van der Waals surface area (Å²) in [6.45, 7) is 2.30. The number of nitrogens with two attached hydrogens (primary N) is 1. The number of aromatic nitrogens is 2. The normalized spacial score (nSPS) is 15.1. The highest BCUT2D eigenvalue weighted by atomic mass is 16.6. The molecule has 1 heterocycles. The topological polar surface area (TPSA) is 86.2 Å². The standard InChI is InChI=1S/C12H16N4O2/c13-9-3-4-10(12-11(9)15-18-16-12)14-5-6-17-7-8-1-2-8/h3-4,8,14H,1-2,5-7,13H2. The zero-order valence-corrected chi connectivity index (χ0v) is 10.1. The predicted octanol–water partition coefficient (Wildman–Crippen LogP) is 1.64. The van der Waals surface area contributed by atoms with E-state index in [1.807, 2.05) is 6.07 Å². The van der Waals surface area contributed by atoms with Gasteiger partial charge in [-0.05, 0) is 41.2 Å². The molecule has 0 amide bonds. The highest BCUT2D eigenvalue weighted by Crippen LogP contribution is 2.28. The number of hydrogen-bond donors (Lipinski definition) is 2. The van der Waals surface area contributed by atoms with Gasteiger partial charge in [-0.1, -0.05) is 0 Å². The van der Waals surface area contributed by atoms with Gasteiger partial charge in [-0.2, -0.15) is 0 Å². The lowest BCUT2D eigenvalue weighted by Gasteiger charge is -2.07. The lowest BCUT2D eigenvalue weighted by molar-refractivity contribution is 0.134. The minimum absolute atomic E-state index is 0.571. The summed E-state index contributed by atoms with van der Waals surface area (Å²) >= 11 is 0. The van der Waals surface area contributed by atoms with Gasteiger partial charge < -0.3 is 15.8 Å². The van der Waals surface area contributed by atoms with E-state index in [0.29, 0.717) is 23.3 Å². The number of benzene rings is 1. The molecule has 3 N–H and O–H groups in total. The molecule has 1 aromatic heterocycles. The Balaban J connectivity index is 1.56. The molecule has 2 aromatic rings. The highest BCUT2D eigenvalue weighted by Gasteiger charge is 2.20. The van der Waals surface area contributed by atoms with Crippen LogP contribution in [0.5, 0.6) is 0 Å². The molecule has 0 radical (unpaired) electrons. The summed E-state index contributed by atoms with van der Waals surface area (Å²) < 4.78 is 10.3. The van der Waals surface area contributed by atoms with E-state index >= 15 is 0 Å². The summed E-state index contributed by atoms with van der Waals surface area (Å²) in [4.78, 5) is 0. The number of fused-ring (bicyclic) bond motifs is 1. The molecule has 3 rings (SSSR count). The van der Waals surface area contributed by atoms with Crippen molar-refractivity contribution in [1.29, 1.82) is 0 Å².